The van der Waals surface area contributed by atoms with Crippen molar-refractivity contribution in [3.63, 3.8) is 0 Å². The number of rotatable bonds is 3. The molecule has 1 N–H and O–H groups in total. The molecule has 1 aromatic carbocycles. The van der Waals surface area contributed by atoms with Crippen LogP contribution >= 0.6 is 15.9 Å². The number of hydrogen-bond donors (Lipinski definition) is 1. The van der Waals surface area contributed by atoms with Gasteiger partial charge in [0.15, 0.2) is 5.76 Å². The predicted octanol–water partition coefficient (Wildman–Crippen LogP) is 3.82. The van der Waals surface area contributed by atoms with Crippen LogP contribution in [-0.4, -0.2) is 10.8 Å². The van der Waals surface area contributed by atoms with Crippen molar-refractivity contribution in [3.05, 3.63) is 55.7 Å². The number of furan rings is 1. The average molecular weight is 339 g/mol. The van der Waals surface area contributed by atoms with E-state index in [2.05, 4.69) is 21.2 Å². The van der Waals surface area contributed by atoms with E-state index >= 15 is 0 Å². The van der Waals surface area contributed by atoms with Crippen LogP contribution in [0.2, 0.25) is 0 Å². The van der Waals surface area contributed by atoms with Gasteiger partial charge >= 0.3 is 5.88 Å². The maximum absolute atomic E-state index is 12.0. The maximum atomic E-state index is 12.0. The number of nitrogens with zero attached hydrogens (tertiary/aromatic N) is 1. The molecule has 7 heteroatoms. The van der Waals surface area contributed by atoms with Gasteiger partial charge in [0.2, 0.25) is 0 Å². The molecule has 1 aromatic heterocycles. The number of amides is 1. The van der Waals surface area contributed by atoms with E-state index in [0.717, 1.165) is 21.7 Å². The topological polar surface area (TPSA) is 85.4 Å². The van der Waals surface area contributed by atoms with E-state index in [0.29, 0.717) is 5.69 Å². The zero-order chi connectivity index (χ0) is 14.9. The van der Waals surface area contributed by atoms with Gasteiger partial charge in [0.25, 0.3) is 5.91 Å². The van der Waals surface area contributed by atoms with Gasteiger partial charge in [-0.1, -0.05) is 15.9 Å². The summed E-state index contributed by atoms with van der Waals surface area (Å²) in [6.45, 7) is 3.72. The zero-order valence-electron chi connectivity index (χ0n) is 10.8. The third-order valence-electron chi connectivity index (χ3n) is 2.73. The lowest BCUT2D eigenvalue weighted by Crippen LogP contribution is -2.13. The summed E-state index contributed by atoms with van der Waals surface area (Å²) in [6.07, 6.45) is 0. The van der Waals surface area contributed by atoms with Gasteiger partial charge < -0.3 is 9.73 Å². The van der Waals surface area contributed by atoms with E-state index in [4.69, 9.17) is 4.42 Å². The monoisotopic (exact) mass is 338 g/mol. The van der Waals surface area contributed by atoms with Crippen molar-refractivity contribution in [1.29, 1.82) is 0 Å². The van der Waals surface area contributed by atoms with Crippen molar-refractivity contribution in [1.82, 2.24) is 0 Å². The van der Waals surface area contributed by atoms with Crippen LogP contribution < -0.4 is 5.32 Å². The summed E-state index contributed by atoms with van der Waals surface area (Å²) in [5.41, 5.74) is 2.43. The Bertz CT molecular complexity index is 670. The molecule has 0 saturated heterocycles. The van der Waals surface area contributed by atoms with Crippen molar-refractivity contribution < 1.29 is 14.1 Å². The number of halogens is 1. The Balaban J connectivity index is 2.25. The molecule has 0 aliphatic carbocycles. The number of nitrogens with one attached hydrogen (secondary N) is 1. The molecule has 0 spiro atoms. The highest BCUT2D eigenvalue weighted by molar-refractivity contribution is 9.10. The molecule has 0 unspecified atom stereocenters. The molecule has 0 atom stereocenters. The summed E-state index contributed by atoms with van der Waals surface area (Å²) in [6, 6.07) is 6.16. The number of anilines is 1. The van der Waals surface area contributed by atoms with E-state index in [9.17, 15) is 14.9 Å². The lowest BCUT2D eigenvalue weighted by atomic mass is 10.1. The van der Waals surface area contributed by atoms with Crippen molar-refractivity contribution in [2.24, 2.45) is 0 Å². The molecule has 2 rings (SSSR count). The molecule has 20 heavy (non-hydrogen) atoms. The largest absolute Gasteiger partial charge is 0.433 e. The summed E-state index contributed by atoms with van der Waals surface area (Å²) in [5, 5.41) is 13.2. The standard InChI is InChI=1S/C13H11BrN2O4/c1-7-5-9(14)6-8(2)12(7)15-13(17)10-3-4-11(20-10)16(18)19/h3-6H,1-2H3,(H,15,17). The van der Waals surface area contributed by atoms with Crippen LogP contribution in [0.4, 0.5) is 11.6 Å². The molecular formula is C13H11BrN2O4. The van der Waals surface area contributed by atoms with E-state index in [-0.39, 0.29) is 5.76 Å². The van der Waals surface area contributed by atoms with Crippen molar-refractivity contribution >= 4 is 33.4 Å². The molecule has 0 fully saturated rings. The first-order valence-electron chi connectivity index (χ1n) is 5.71. The Morgan fingerprint density at radius 2 is 1.90 bits per heavy atom. The quantitative estimate of drug-likeness (QED) is 0.680. The van der Waals surface area contributed by atoms with Crippen LogP contribution in [0.5, 0.6) is 0 Å². The average Bonchev–Trinajstić information content (AvgIpc) is 2.83. The SMILES string of the molecule is Cc1cc(Br)cc(C)c1NC(=O)c1ccc([N+](=O)[O-])o1. The fourth-order valence-corrected chi connectivity index (χ4v) is 2.52. The second kappa shape index (κ2) is 5.46. The van der Waals surface area contributed by atoms with Gasteiger partial charge in [-0.05, 0) is 43.2 Å². The second-order valence-electron chi connectivity index (χ2n) is 4.26. The van der Waals surface area contributed by atoms with Crippen LogP contribution in [0.3, 0.4) is 0 Å². The van der Waals surface area contributed by atoms with Gasteiger partial charge in [0, 0.05) is 10.2 Å². The first-order valence-corrected chi connectivity index (χ1v) is 6.50. The first-order chi connectivity index (χ1) is 9.38. The fraction of sp³-hybridized carbons (Fsp3) is 0.154. The van der Waals surface area contributed by atoms with Crippen LogP contribution in [0, 0.1) is 24.0 Å². The number of aryl methyl sites for hydroxylation is 2. The Morgan fingerprint density at radius 1 is 1.30 bits per heavy atom. The Labute approximate surface area is 123 Å². The van der Waals surface area contributed by atoms with Crippen LogP contribution in [0.1, 0.15) is 21.7 Å². The van der Waals surface area contributed by atoms with Gasteiger partial charge in [0.1, 0.15) is 4.92 Å². The van der Waals surface area contributed by atoms with Gasteiger partial charge in [-0.3, -0.25) is 14.9 Å². The Morgan fingerprint density at radius 3 is 2.40 bits per heavy atom. The molecule has 1 heterocycles. The minimum atomic E-state index is -0.688. The minimum Gasteiger partial charge on any atom is -0.395 e. The summed E-state index contributed by atoms with van der Waals surface area (Å²) >= 11 is 3.37. The van der Waals surface area contributed by atoms with E-state index in [1.54, 1.807) is 0 Å². The number of benzene rings is 1. The molecule has 1 amide bonds. The summed E-state index contributed by atoms with van der Waals surface area (Å²) in [7, 11) is 0. The molecule has 2 aromatic rings. The van der Waals surface area contributed by atoms with Crippen LogP contribution in [0.15, 0.2) is 33.2 Å². The smallest absolute Gasteiger partial charge is 0.395 e. The van der Waals surface area contributed by atoms with Gasteiger partial charge in [-0.2, -0.15) is 0 Å². The van der Waals surface area contributed by atoms with Crippen LogP contribution in [0.25, 0.3) is 0 Å². The van der Waals surface area contributed by atoms with Crippen molar-refractivity contribution in [3.8, 4) is 0 Å². The third kappa shape index (κ3) is 2.88. The fourth-order valence-electron chi connectivity index (χ4n) is 1.83. The van der Waals surface area contributed by atoms with Gasteiger partial charge in [0.05, 0.1) is 6.07 Å². The molecule has 0 radical (unpaired) electrons. The van der Waals surface area contributed by atoms with Crippen LogP contribution in [-0.2, 0) is 0 Å². The maximum Gasteiger partial charge on any atom is 0.433 e. The first kappa shape index (κ1) is 14.3. The highest BCUT2D eigenvalue weighted by Gasteiger charge is 2.18. The highest BCUT2D eigenvalue weighted by atomic mass is 79.9. The van der Waals surface area contributed by atoms with E-state index in [1.807, 2.05) is 26.0 Å². The molecule has 0 aliphatic heterocycles. The third-order valence-corrected chi connectivity index (χ3v) is 3.19. The van der Waals surface area contributed by atoms with E-state index in [1.165, 1.54) is 6.07 Å². The summed E-state index contributed by atoms with van der Waals surface area (Å²) in [5.74, 6) is -1.08. The number of carbonyl (C=O) groups excluding carboxylic acids is 1. The van der Waals surface area contributed by atoms with Crippen molar-refractivity contribution in [2.75, 3.05) is 5.32 Å². The summed E-state index contributed by atoms with van der Waals surface area (Å²) in [4.78, 5) is 21.8. The molecule has 0 bridgehead atoms. The van der Waals surface area contributed by atoms with E-state index < -0.39 is 16.7 Å². The summed E-state index contributed by atoms with van der Waals surface area (Å²) < 4.78 is 5.78. The predicted molar refractivity (Wildman–Crippen MR) is 76.9 cm³/mol. The van der Waals surface area contributed by atoms with Gasteiger partial charge in [-0.25, -0.2) is 0 Å². The number of hydrogen-bond acceptors (Lipinski definition) is 4. The van der Waals surface area contributed by atoms with Crippen molar-refractivity contribution in [2.45, 2.75) is 13.8 Å². The Kier molecular flexibility index (Phi) is 3.89. The lowest BCUT2D eigenvalue weighted by Gasteiger charge is -2.11. The molecule has 104 valence electrons. The zero-order valence-corrected chi connectivity index (χ0v) is 12.4. The second-order valence-corrected chi connectivity index (χ2v) is 5.18. The Hall–Kier alpha value is -2.15. The normalized spacial score (nSPS) is 10.3. The highest BCUT2D eigenvalue weighted by Crippen LogP contribution is 2.26. The molecule has 0 saturated carbocycles. The molecular weight excluding hydrogens is 328 g/mol. The number of carbonyl (C=O) groups is 1. The van der Waals surface area contributed by atoms with Gasteiger partial charge in [-0.15, -0.1) is 0 Å². The lowest BCUT2D eigenvalue weighted by molar-refractivity contribution is -0.402. The minimum absolute atomic E-state index is 0.0987. The molecule has 6 nitrogen and oxygen atoms in total. The number of nitro groups is 1. The molecule has 0 aliphatic rings.